The lowest BCUT2D eigenvalue weighted by Crippen LogP contribution is -2.20. The van der Waals surface area contributed by atoms with Crippen LogP contribution in [-0.2, 0) is 13.1 Å². The van der Waals surface area contributed by atoms with Crippen molar-refractivity contribution >= 4 is 16.7 Å². The van der Waals surface area contributed by atoms with Crippen molar-refractivity contribution in [3.8, 4) is 6.07 Å². The molecule has 3 rings (SSSR count). The van der Waals surface area contributed by atoms with Gasteiger partial charge in [0.1, 0.15) is 11.6 Å². The van der Waals surface area contributed by atoms with E-state index in [-0.39, 0.29) is 0 Å². The fraction of sp³-hybridized carbons (Fsp3) is 0.348. The molecule has 3 aromatic rings. The normalized spacial score (nSPS) is 11.2. The first-order chi connectivity index (χ1) is 14.0. The number of nitrogens with one attached hydrogen (secondary N) is 1. The van der Waals surface area contributed by atoms with Gasteiger partial charge in [-0.3, -0.25) is 4.90 Å². The fourth-order valence-corrected chi connectivity index (χ4v) is 3.28. The Kier molecular flexibility index (Phi) is 7.12. The molecule has 0 amide bonds. The zero-order valence-corrected chi connectivity index (χ0v) is 17.4. The van der Waals surface area contributed by atoms with Crippen molar-refractivity contribution in [3.63, 3.8) is 0 Å². The number of nitrogens with zero attached hydrogens (tertiary/aromatic N) is 5. The van der Waals surface area contributed by atoms with Gasteiger partial charge >= 0.3 is 0 Å². The number of hydrogen-bond donors (Lipinski definition) is 1. The van der Waals surface area contributed by atoms with Crippen molar-refractivity contribution in [2.24, 2.45) is 0 Å². The molecule has 6 nitrogen and oxygen atoms in total. The Morgan fingerprint density at radius 1 is 1.00 bits per heavy atom. The third kappa shape index (κ3) is 5.98. The van der Waals surface area contributed by atoms with E-state index >= 15 is 0 Å². The first kappa shape index (κ1) is 20.7. The van der Waals surface area contributed by atoms with Gasteiger partial charge in [-0.15, -0.1) is 0 Å². The molecule has 150 valence electrons. The number of benzene rings is 2. The molecule has 0 bridgehead atoms. The number of rotatable bonds is 9. The van der Waals surface area contributed by atoms with Crippen LogP contribution in [0.2, 0.25) is 0 Å². The summed E-state index contributed by atoms with van der Waals surface area (Å²) in [4.78, 5) is 13.9. The Morgan fingerprint density at radius 3 is 2.62 bits per heavy atom. The van der Waals surface area contributed by atoms with Gasteiger partial charge in [0.05, 0.1) is 23.7 Å². The Morgan fingerprint density at radius 2 is 1.83 bits per heavy atom. The Labute approximate surface area is 172 Å². The van der Waals surface area contributed by atoms with Crippen molar-refractivity contribution in [1.82, 2.24) is 19.8 Å². The summed E-state index contributed by atoms with van der Waals surface area (Å²) in [7, 11) is 6.21. The zero-order valence-electron chi connectivity index (χ0n) is 17.4. The molecule has 0 spiro atoms. The third-order valence-corrected chi connectivity index (χ3v) is 4.64. The Hall–Kier alpha value is -3.01. The van der Waals surface area contributed by atoms with Gasteiger partial charge in [0, 0.05) is 18.5 Å². The van der Waals surface area contributed by atoms with Crippen LogP contribution in [0.15, 0.2) is 48.5 Å². The number of hydrogen-bond acceptors (Lipinski definition) is 6. The molecular weight excluding hydrogens is 360 g/mol. The molecule has 0 atom stereocenters. The van der Waals surface area contributed by atoms with Gasteiger partial charge in [-0.05, 0) is 63.9 Å². The molecule has 0 aliphatic heterocycles. The molecule has 1 aromatic heterocycles. The molecule has 6 heteroatoms. The average molecular weight is 389 g/mol. The molecule has 0 radical (unpaired) electrons. The van der Waals surface area contributed by atoms with Gasteiger partial charge in [0.2, 0.25) is 0 Å². The molecule has 0 saturated carbocycles. The van der Waals surface area contributed by atoms with Crippen LogP contribution in [0, 0.1) is 11.3 Å². The van der Waals surface area contributed by atoms with Crippen LogP contribution in [0.5, 0.6) is 0 Å². The minimum absolute atomic E-state index is 0.633. The molecule has 0 aliphatic carbocycles. The average Bonchev–Trinajstić information content (AvgIpc) is 2.71. The van der Waals surface area contributed by atoms with Gasteiger partial charge in [0.25, 0.3) is 0 Å². The maximum absolute atomic E-state index is 9.09. The largest absolute Gasteiger partial charge is 0.369 e. The van der Waals surface area contributed by atoms with E-state index < -0.39 is 0 Å². The number of nitriles is 1. The molecule has 0 aliphatic rings. The maximum atomic E-state index is 9.09. The highest BCUT2D eigenvalue weighted by molar-refractivity contribution is 5.88. The second-order valence-corrected chi connectivity index (χ2v) is 7.57. The summed E-state index contributed by atoms with van der Waals surface area (Å²) in [5.74, 6) is 1.68. The summed E-state index contributed by atoms with van der Waals surface area (Å²) in [5.41, 5.74) is 2.74. The molecule has 29 heavy (non-hydrogen) atoms. The van der Waals surface area contributed by atoms with Crippen molar-refractivity contribution in [2.75, 3.05) is 39.5 Å². The van der Waals surface area contributed by atoms with Crippen LogP contribution in [0.3, 0.4) is 0 Å². The number of para-hydroxylation sites is 1. The summed E-state index contributed by atoms with van der Waals surface area (Å²) in [6.07, 6.45) is 1.05. The molecule has 1 heterocycles. The van der Waals surface area contributed by atoms with E-state index in [0.29, 0.717) is 12.1 Å². The fourth-order valence-electron chi connectivity index (χ4n) is 3.28. The lowest BCUT2D eigenvalue weighted by atomic mass is 10.1. The SMILES string of the molecule is CN(C)CCCNc1nc(CN(C)Cc2cccc(C#N)c2)nc2ccccc12. The predicted octanol–water partition coefficient (Wildman–Crippen LogP) is 3.50. The molecule has 0 saturated heterocycles. The topological polar surface area (TPSA) is 68.1 Å². The molecule has 1 N–H and O–H groups in total. The third-order valence-electron chi connectivity index (χ3n) is 4.64. The van der Waals surface area contributed by atoms with Gasteiger partial charge in [-0.2, -0.15) is 5.26 Å². The zero-order chi connectivity index (χ0) is 20.6. The van der Waals surface area contributed by atoms with Crippen LogP contribution in [0.4, 0.5) is 5.82 Å². The van der Waals surface area contributed by atoms with Crippen LogP contribution in [-0.4, -0.2) is 54.0 Å². The molecule has 2 aromatic carbocycles. The smallest absolute Gasteiger partial charge is 0.145 e. The second-order valence-electron chi connectivity index (χ2n) is 7.57. The van der Waals surface area contributed by atoms with Crippen LogP contribution >= 0.6 is 0 Å². The van der Waals surface area contributed by atoms with E-state index in [1.54, 1.807) is 0 Å². The quantitative estimate of drug-likeness (QED) is 0.566. The van der Waals surface area contributed by atoms with E-state index in [1.807, 2.05) is 49.5 Å². The van der Waals surface area contributed by atoms with Gasteiger partial charge < -0.3 is 10.2 Å². The van der Waals surface area contributed by atoms with Crippen molar-refractivity contribution in [1.29, 1.82) is 5.26 Å². The van der Waals surface area contributed by atoms with Gasteiger partial charge in [-0.25, -0.2) is 9.97 Å². The number of aromatic nitrogens is 2. The highest BCUT2D eigenvalue weighted by atomic mass is 15.1. The maximum Gasteiger partial charge on any atom is 0.145 e. The summed E-state index contributed by atoms with van der Waals surface area (Å²) in [6, 6.07) is 18.0. The minimum Gasteiger partial charge on any atom is -0.369 e. The van der Waals surface area contributed by atoms with Crippen LogP contribution in [0.1, 0.15) is 23.4 Å². The minimum atomic E-state index is 0.633. The lowest BCUT2D eigenvalue weighted by molar-refractivity contribution is 0.311. The standard InChI is InChI=1S/C23H28N6/c1-28(2)13-7-12-25-23-20-10-4-5-11-21(20)26-22(27-23)17-29(3)16-19-9-6-8-18(14-19)15-24/h4-6,8-11,14H,7,12-13,16-17H2,1-3H3,(H,25,26,27). The van der Waals surface area contributed by atoms with E-state index in [9.17, 15) is 0 Å². The van der Waals surface area contributed by atoms with Gasteiger partial charge in [0.15, 0.2) is 0 Å². The molecule has 0 unspecified atom stereocenters. The van der Waals surface area contributed by atoms with E-state index in [0.717, 1.165) is 54.2 Å². The van der Waals surface area contributed by atoms with Crippen molar-refractivity contribution in [2.45, 2.75) is 19.5 Å². The van der Waals surface area contributed by atoms with E-state index in [2.05, 4.69) is 41.3 Å². The first-order valence-corrected chi connectivity index (χ1v) is 9.87. The number of anilines is 1. The molecule has 0 fully saturated rings. The van der Waals surface area contributed by atoms with Gasteiger partial charge in [-0.1, -0.05) is 24.3 Å². The summed E-state index contributed by atoms with van der Waals surface area (Å²) >= 11 is 0. The highest BCUT2D eigenvalue weighted by Gasteiger charge is 2.10. The van der Waals surface area contributed by atoms with Crippen molar-refractivity contribution < 1.29 is 0 Å². The van der Waals surface area contributed by atoms with Crippen LogP contribution in [0.25, 0.3) is 10.9 Å². The van der Waals surface area contributed by atoms with Crippen LogP contribution < -0.4 is 5.32 Å². The van der Waals surface area contributed by atoms with E-state index in [1.165, 1.54) is 0 Å². The summed E-state index contributed by atoms with van der Waals surface area (Å²) in [6.45, 7) is 3.27. The summed E-state index contributed by atoms with van der Waals surface area (Å²) < 4.78 is 0. The predicted molar refractivity (Wildman–Crippen MR) is 118 cm³/mol. The highest BCUT2D eigenvalue weighted by Crippen LogP contribution is 2.21. The lowest BCUT2D eigenvalue weighted by Gasteiger charge is -2.17. The summed E-state index contributed by atoms with van der Waals surface area (Å²) in [5, 5.41) is 13.6. The van der Waals surface area contributed by atoms with Crippen molar-refractivity contribution in [3.05, 3.63) is 65.5 Å². The Balaban J connectivity index is 1.73. The van der Waals surface area contributed by atoms with E-state index in [4.69, 9.17) is 15.2 Å². The Bertz CT molecular complexity index is 992. The monoisotopic (exact) mass is 388 g/mol. The first-order valence-electron chi connectivity index (χ1n) is 9.87. The number of fused-ring (bicyclic) bond motifs is 1. The molecular formula is C23H28N6. The second kappa shape index (κ2) is 9.97.